The number of hydrogen-bond donors (Lipinski definition) is 3. The van der Waals surface area contributed by atoms with Crippen LogP contribution in [-0.2, 0) is 4.79 Å². The molecule has 0 unspecified atom stereocenters. The van der Waals surface area contributed by atoms with Gasteiger partial charge in [-0.05, 0) is 29.8 Å². The standard InChI is InChI=1S/C16H15F2N3O2S/c17-15(18)24-12-8-6-11(7-9-12)20-13(14(22)21-16(19)23)10-4-2-1-3-5-10/h1-9,13,15,20H,(H3,19,21,22,23)/t13-/m0/s1. The summed E-state index contributed by atoms with van der Waals surface area (Å²) in [5, 5.41) is 5.00. The van der Waals surface area contributed by atoms with Gasteiger partial charge in [-0.15, -0.1) is 0 Å². The van der Waals surface area contributed by atoms with Gasteiger partial charge in [-0.1, -0.05) is 42.1 Å². The zero-order chi connectivity index (χ0) is 17.5. The van der Waals surface area contributed by atoms with Gasteiger partial charge in [0.25, 0.3) is 11.7 Å². The fourth-order valence-corrected chi connectivity index (χ4v) is 2.54. The number of nitrogens with two attached hydrogens (primary N) is 1. The zero-order valence-electron chi connectivity index (χ0n) is 12.4. The summed E-state index contributed by atoms with van der Waals surface area (Å²) in [7, 11) is 0. The molecule has 8 heteroatoms. The highest BCUT2D eigenvalue weighted by Crippen LogP contribution is 2.27. The Labute approximate surface area is 141 Å². The van der Waals surface area contributed by atoms with Crippen molar-refractivity contribution in [2.75, 3.05) is 5.32 Å². The monoisotopic (exact) mass is 351 g/mol. The van der Waals surface area contributed by atoms with Gasteiger partial charge < -0.3 is 11.1 Å². The molecule has 0 aliphatic rings. The number of primary amides is 1. The molecular formula is C16H15F2N3O2S. The number of halogens is 2. The first-order valence-electron chi connectivity index (χ1n) is 6.92. The number of imide groups is 1. The lowest BCUT2D eigenvalue weighted by Crippen LogP contribution is -2.40. The summed E-state index contributed by atoms with van der Waals surface area (Å²) in [6, 6.07) is 13.1. The Hall–Kier alpha value is -2.61. The first-order chi connectivity index (χ1) is 11.5. The number of amides is 3. The highest BCUT2D eigenvalue weighted by Gasteiger charge is 2.21. The van der Waals surface area contributed by atoms with Crippen molar-refractivity contribution in [3.63, 3.8) is 0 Å². The molecule has 24 heavy (non-hydrogen) atoms. The van der Waals surface area contributed by atoms with E-state index in [0.717, 1.165) is 0 Å². The predicted octanol–water partition coefficient (Wildman–Crippen LogP) is 3.35. The molecule has 2 aromatic rings. The van der Waals surface area contributed by atoms with Crippen molar-refractivity contribution in [3.8, 4) is 0 Å². The Bertz CT molecular complexity index is 696. The molecular weight excluding hydrogens is 336 g/mol. The minimum Gasteiger partial charge on any atom is -0.370 e. The minimum atomic E-state index is -2.50. The number of anilines is 1. The van der Waals surface area contributed by atoms with Gasteiger partial charge in [-0.3, -0.25) is 10.1 Å². The molecule has 0 saturated heterocycles. The summed E-state index contributed by atoms with van der Waals surface area (Å²) in [5.74, 6) is -3.11. The second-order valence-corrected chi connectivity index (χ2v) is 5.81. The Morgan fingerprint density at radius 3 is 2.17 bits per heavy atom. The van der Waals surface area contributed by atoms with Crippen LogP contribution < -0.4 is 16.4 Å². The van der Waals surface area contributed by atoms with Crippen LogP contribution in [0.25, 0.3) is 0 Å². The summed E-state index contributed by atoms with van der Waals surface area (Å²) in [6.07, 6.45) is 0. The maximum Gasteiger partial charge on any atom is 0.318 e. The highest BCUT2D eigenvalue weighted by atomic mass is 32.2. The summed E-state index contributed by atoms with van der Waals surface area (Å²) >= 11 is 0.436. The summed E-state index contributed by atoms with van der Waals surface area (Å²) in [5.41, 5.74) is 6.17. The number of benzene rings is 2. The van der Waals surface area contributed by atoms with Crippen LogP contribution in [0.4, 0.5) is 19.3 Å². The fraction of sp³-hybridized carbons (Fsp3) is 0.125. The summed E-state index contributed by atoms with van der Waals surface area (Å²) < 4.78 is 24.7. The van der Waals surface area contributed by atoms with Gasteiger partial charge in [0.2, 0.25) is 0 Å². The largest absolute Gasteiger partial charge is 0.370 e. The van der Waals surface area contributed by atoms with E-state index >= 15 is 0 Å². The molecule has 0 spiro atoms. The van der Waals surface area contributed by atoms with Gasteiger partial charge in [0, 0.05) is 10.6 Å². The van der Waals surface area contributed by atoms with Crippen LogP contribution in [0, 0.1) is 0 Å². The number of alkyl halides is 2. The maximum absolute atomic E-state index is 12.3. The lowest BCUT2D eigenvalue weighted by molar-refractivity contribution is -0.120. The number of rotatable bonds is 6. The minimum absolute atomic E-state index is 0.411. The molecule has 2 rings (SSSR count). The second kappa shape index (κ2) is 8.30. The Morgan fingerprint density at radius 1 is 1.00 bits per heavy atom. The number of carbonyl (C=O) groups excluding carboxylic acids is 2. The van der Waals surface area contributed by atoms with Crippen molar-refractivity contribution in [2.24, 2.45) is 5.73 Å². The SMILES string of the molecule is NC(=O)NC(=O)[C@@H](Nc1ccc(SC(F)F)cc1)c1ccccc1. The third-order valence-electron chi connectivity index (χ3n) is 3.03. The number of carbonyl (C=O) groups is 2. The van der Waals surface area contributed by atoms with Crippen LogP contribution in [0.2, 0.25) is 0 Å². The molecule has 3 amide bonds. The van der Waals surface area contributed by atoms with Crippen LogP contribution in [-0.4, -0.2) is 17.7 Å². The Balaban J connectivity index is 2.19. The van der Waals surface area contributed by atoms with E-state index in [4.69, 9.17) is 5.73 Å². The highest BCUT2D eigenvalue weighted by molar-refractivity contribution is 7.99. The van der Waals surface area contributed by atoms with Crippen molar-refractivity contribution in [1.82, 2.24) is 5.32 Å². The molecule has 0 saturated carbocycles. The number of thioether (sulfide) groups is 1. The molecule has 0 aromatic heterocycles. The Morgan fingerprint density at radius 2 is 1.62 bits per heavy atom. The predicted molar refractivity (Wildman–Crippen MR) is 88.8 cm³/mol. The van der Waals surface area contributed by atoms with Crippen LogP contribution in [0.5, 0.6) is 0 Å². The molecule has 5 nitrogen and oxygen atoms in total. The fourth-order valence-electron chi connectivity index (χ4n) is 2.04. The van der Waals surface area contributed by atoms with Gasteiger partial charge in [-0.2, -0.15) is 8.78 Å². The van der Waals surface area contributed by atoms with Crippen LogP contribution in [0.15, 0.2) is 59.5 Å². The summed E-state index contributed by atoms with van der Waals surface area (Å²) in [4.78, 5) is 23.5. The van der Waals surface area contributed by atoms with Crippen molar-refractivity contribution < 1.29 is 18.4 Å². The molecule has 4 N–H and O–H groups in total. The van der Waals surface area contributed by atoms with Crippen molar-refractivity contribution in [3.05, 3.63) is 60.2 Å². The van der Waals surface area contributed by atoms with E-state index < -0.39 is 23.7 Å². The Kier molecular flexibility index (Phi) is 6.14. The van der Waals surface area contributed by atoms with Crippen LogP contribution >= 0.6 is 11.8 Å². The topological polar surface area (TPSA) is 84.2 Å². The molecule has 0 radical (unpaired) electrons. The first kappa shape index (κ1) is 17.7. The number of hydrogen-bond acceptors (Lipinski definition) is 4. The number of nitrogens with one attached hydrogen (secondary N) is 2. The van der Waals surface area contributed by atoms with Crippen molar-refractivity contribution in [1.29, 1.82) is 0 Å². The van der Waals surface area contributed by atoms with Gasteiger partial charge >= 0.3 is 6.03 Å². The zero-order valence-corrected chi connectivity index (χ0v) is 13.2. The van der Waals surface area contributed by atoms with Gasteiger partial charge in [0.15, 0.2) is 0 Å². The molecule has 1 atom stereocenters. The third-order valence-corrected chi connectivity index (χ3v) is 3.75. The van der Waals surface area contributed by atoms with E-state index in [2.05, 4.69) is 5.32 Å². The van der Waals surface area contributed by atoms with Crippen LogP contribution in [0.3, 0.4) is 0 Å². The average molecular weight is 351 g/mol. The molecule has 126 valence electrons. The molecule has 0 bridgehead atoms. The summed E-state index contributed by atoms with van der Waals surface area (Å²) in [6.45, 7) is 0. The van der Waals surface area contributed by atoms with E-state index in [9.17, 15) is 18.4 Å². The van der Waals surface area contributed by atoms with E-state index in [1.165, 1.54) is 12.1 Å². The molecule has 0 fully saturated rings. The molecule has 0 aliphatic carbocycles. The van der Waals surface area contributed by atoms with Gasteiger partial charge in [0.05, 0.1) is 0 Å². The number of urea groups is 1. The van der Waals surface area contributed by atoms with Gasteiger partial charge in [-0.25, -0.2) is 4.79 Å². The second-order valence-electron chi connectivity index (χ2n) is 4.74. The molecule has 0 aliphatic heterocycles. The lowest BCUT2D eigenvalue weighted by atomic mass is 10.1. The van der Waals surface area contributed by atoms with E-state index in [0.29, 0.717) is 27.9 Å². The van der Waals surface area contributed by atoms with Gasteiger partial charge in [0.1, 0.15) is 6.04 Å². The smallest absolute Gasteiger partial charge is 0.318 e. The van der Waals surface area contributed by atoms with E-state index in [-0.39, 0.29) is 0 Å². The van der Waals surface area contributed by atoms with Crippen molar-refractivity contribution in [2.45, 2.75) is 16.7 Å². The normalized spacial score (nSPS) is 11.8. The van der Waals surface area contributed by atoms with E-state index in [1.54, 1.807) is 42.5 Å². The lowest BCUT2D eigenvalue weighted by Gasteiger charge is -2.19. The first-order valence-corrected chi connectivity index (χ1v) is 7.80. The van der Waals surface area contributed by atoms with E-state index in [1.807, 2.05) is 5.32 Å². The van der Waals surface area contributed by atoms with Crippen molar-refractivity contribution >= 4 is 29.4 Å². The third kappa shape index (κ3) is 5.24. The maximum atomic E-state index is 12.3. The molecule has 0 heterocycles. The van der Waals surface area contributed by atoms with Crippen LogP contribution in [0.1, 0.15) is 11.6 Å². The average Bonchev–Trinajstić information content (AvgIpc) is 2.53. The molecule has 2 aromatic carbocycles. The quantitative estimate of drug-likeness (QED) is 0.697.